The van der Waals surface area contributed by atoms with Crippen molar-refractivity contribution >= 4 is 11.9 Å². The SMILES string of the molecule is CC(=O)N1CCCC1C1CCCN1c1nccc(C(F)(F)F)n1. The van der Waals surface area contributed by atoms with E-state index in [1.54, 1.807) is 6.92 Å². The Labute approximate surface area is 132 Å². The summed E-state index contributed by atoms with van der Waals surface area (Å²) in [5.41, 5.74) is -0.928. The maximum absolute atomic E-state index is 12.9. The normalized spacial score (nSPS) is 25.2. The lowest BCUT2D eigenvalue weighted by molar-refractivity contribution is -0.141. The molecule has 126 valence electrons. The molecule has 3 heterocycles. The third-order valence-electron chi connectivity index (χ3n) is 4.64. The van der Waals surface area contributed by atoms with E-state index in [-0.39, 0.29) is 23.9 Å². The predicted molar refractivity (Wildman–Crippen MR) is 77.8 cm³/mol. The van der Waals surface area contributed by atoms with Crippen molar-refractivity contribution in [3.05, 3.63) is 18.0 Å². The quantitative estimate of drug-likeness (QED) is 0.837. The Bertz CT molecular complexity index is 592. The number of nitrogens with zero attached hydrogens (tertiary/aromatic N) is 4. The van der Waals surface area contributed by atoms with E-state index in [1.807, 2.05) is 9.80 Å². The molecular weight excluding hydrogens is 309 g/mol. The molecule has 0 bridgehead atoms. The molecule has 1 aromatic heterocycles. The number of amides is 1. The van der Waals surface area contributed by atoms with E-state index in [1.165, 1.54) is 0 Å². The van der Waals surface area contributed by atoms with Gasteiger partial charge in [-0.3, -0.25) is 4.79 Å². The van der Waals surface area contributed by atoms with Crippen LogP contribution in [0.5, 0.6) is 0 Å². The highest BCUT2D eigenvalue weighted by atomic mass is 19.4. The van der Waals surface area contributed by atoms with Crippen LogP contribution >= 0.6 is 0 Å². The third kappa shape index (κ3) is 3.11. The number of halogens is 3. The van der Waals surface area contributed by atoms with Crippen molar-refractivity contribution < 1.29 is 18.0 Å². The van der Waals surface area contributed by atoms with Crippen molar-refractivity contribution in [2.24, 2.45) is 0 Å². The van der Waals surface area contributed by atoms with Crippen molar-refractivity contribution in [3.8, 4) is 0 Å². The van der Waals surface area contributed by atoms with E-state index in [4.69, 9.17) is 0 Å². The molecule has 2 fully saturated rings. The lowest BCUT2D eigenvalue weighted by Gasteiger charge is -2.34. The standard InChI is InChI=1S/C15H19F3N4O/c1-10(23)21-8-2-4-11(21)12-5-3-9-22(12)14-19-7-6-13(20-14)15(16,17)18/h6-7,11-12H,2-5,8-9H2,1H3. The second-order valence-electron chi connectivity index (χ2n) is 6.06. The van der Waals surface area contributed by atoms with Gasteiger partial charge in [-0.05, 0) is 31.7 Å². The Morgan fingerprint density at radius 3 is 2.61 bits per heavy atom. The van der Waals surface area contributed by atoms with Gasteiger partial charge in [-0.1, -0.05) is 0 Å². The number of rotatable bonds is 2. The van der Waals surface area contributed by atoms with Crippen LogP contribution in [-0.2, 0) is 11.0 Å². The molecule has 2 atom stereocenters. The van der Waals surface area contributed by atoms with Crippen molar-refractivity contribution in [3.63, 3.8) is 0 Å². The molecule has 0 saturated carbocycles. The number of hydrogen-bond acceptors (Lipinski definition) is 4. The number of carbonyl (C=O) groups is 1. The summed E-state index contributed by atoms with van der Waals surface area (Å²) in [5, 5.41) is 0. The van der Waals surface area contributed by atoms with Crippen LogP contribution in [-0.4, -0.2) is 45.9 Å². The summed E-state index contributed by atoms with van der Waals surface area (Å²) >= 11 is 0. The zero-order valence-corrected chi connectivity index (χ0v) is 12.9. The number of anilines is 1. The Balaban J connectivity index is 1.86. The van der Waals surface area contributed by atoms with Crippen LogP contribution in [0.25, 0.3) is 0 Å². The number of likely N-dealkylation sites (tertiary alicyclic amines) is 1. The molecule has 8 heteroatoms. The van der Waals surface area contributed by atoms with Gasteiger partial charge < -0.3 is 9.80 Å². The van der Waals surface area contributed by atoms with Gasteiger partial charge in [0.1, 0.15) is 5.69 Å². The lowest BCUT2D eigenvalue weighted by Crippen LogP contribution is -2.48. The fourth-order valence-corrected chi connectivity index (χ4v) is 3.67. The molecule has 2 unspecified atom stereocenters. The average molecular weight is 328 g/mol. The van der Waals surface area contributed by atoms with Crippen LogP contribution in [0.3, 0.4) is 0 Å². The molecule has 2 aliphatic rings. The highest BCUT2D eigenvalue weighted by Gasteiger charge is 2.40. The van der Waals surface area contributed by atoms with Crippen LogP contribution in [0.1, 0.15) is 38.3 Å². The first-order valence-electron chi connectivity index (χ1n) is 7.82. The fourth-order valence-electron chi connectivity index (χ4n) is 3.67. The van der Waals surface area contributed by atoms with Gasteiger partial charge in [0.25, 0.3) is 0 Å². The molecule has 2 saturated heterocycles. The summed E-state index contributed by atoms with van der Waals surface area (Å²) in [4.78, 5) is 23.2. The van der Waals surface area contributed by atoms with Crippen LogP contribution < -0.4 is 4.90 Å². The fraction of sp³-hybridized carbons (Fsp3) is 0.667. The van der Waals surface area contributed by atoms with Gasteiger partial charge in [0.2, 0.25) is 11.9 Å². The van der Waals surface area contributed by atoms with Gasteiger partial charge in [-0.2, -0.15) is 13.2 Å². The van der Waals surface area contributed by atoms with Gasteiger partial charge >= 0.3 is 6.18 Å². The zero-order valence-electron chi connectivity index (χ0n) is 12.9. The number of aromatic nitrogens is 2. The molecule has 3 rings (SSSR count). The Hall–Kier alpha value is -1.86. The van der Waals surface area contributed by atoms with E-state index in [9.17, 15) is 18.0 Å². The van der Waals surface area contributed by atoms with Gasteiger partial charge in [-0.25, -0.2) is 9.97 Å². The number of alkyl halides is 3. The van der Waals surface area contributed by atoms with Gasteiger partial charge in [0, 0.05) is 26.2 Å². The summed E-state index contributed by atoms with van der Waals surface area (Å²) in [5.74, 6) is 0.127. The van der Waals surface area contributed by atoms with Gasteiger partial charge in [0.15, 0.2) is 0 Å². The Morgan fingerprint density at radius 1 is 1.22 bits per heavy atom. The summed E-state index contributed by atoms with van der Waals surface area (Å²) < 4.78 is 38.6. The summed E-state index contributed by atoms with van der Waals surface area (Å²) in [6.45, 7) is 2.88. The van der Waals surface area contributed by atoms with Crippen LogP contribution in [0.15, 0.2) is 12.3 Å². The Morgan fingerprint density at radius 2 is 1.91 bits per heavy atom. The van der Waals surface area contributed by atoms with Crippen molar-refractivity contribution in [2.45, 2.75) is 50.9 Å². The molecule has 23 heavy (non-hydrogen) atoms. The van der Waals surface area contributed by atoms with Gasteiger partial charge in [-0.15, -0.1) is 0 Å². The zero-order chi connectivity index (χ0) is 16.6. The monoisotopic (exact) mass is 328 g/mol. The van der Waals surface area contributed by atoms with Crippen molar-refractivity contribution in [1.82, 2.24) is 14.9 Å². The minimum atomic E-state index is -4.48. The van der Waals surface area contributed by atoms with Crippen LogP contribution in [0.2, 0.25) is 0 Å². The number of carbonyl (C=O) groups excluding carboxylic acids is 1. The average Bonchev–Trinajstić information content (AvgIpc) is 3.15. The molecule has 0 radical (unpaired) electrons. The highest BCUT2D eigenvalue weighted by molar-refractivity contribution is 5.74. The maximum Gasteiger partial charge on any atom is 0.433 e. The van der Waals surface area contributed by atoms with Crippen LogP contribution in [0, 0.1) is 0 Å². The van der Waals surface area contributed by atoms with Crippen LogP contribution in [0.4, 0.5) is 19.1 Å². The molecule has 1 aromatic rings. The minimum absolute atomic E-state index is 0.00937. The summed E-state index contributed by atoms with van der Waals surface area (Å²) in [6, 6.07) is 0.907. The van der Waals surface area contributed by atoms with E-state index in [0.717, 1.165) is 37.9 Å². The molecule has 0 aromatic carbocycles. The van der Waals surface area contributed by atoms with Crippen molar-refractivity contribution in [2.75, 3.05) is 18.0 Å². The molecule has 0 aliphatic carbocycles. The van der Waals surface area contributed by atoms with Crippen molar-refractivity contribution in [1.29, 1.82) is 0 Å². The predicted octanol–water partition coefficient (Wildman–Crippen LogP) is 2.48. The van der Waals surface area contributed by atoms with E-state index in [0.29, 0.717) is 13.1 Å². The Kier molecular flexibility index (Phi) is 4.16. The summed E-state index contributed by atoms with van der Waals surface area (Å²) in [6.07, 6.45) is 0.182. The third-order valence-corrected chi connectivity index (χ3v) is 4.64. The second kappa shape index (κ2) is 5.98. The molecule has 5 nitrogen and oxygen atoms in total. The smallest absolute Gasteiger partial charge is 0.338 e. The second-order valence-corrected chi connectivity index (χ2v) is 6.06. The lowest BCUT2D eigenvalue weighted by atomic mass is 10.0. The molecular formula is C15H19F3N4O. The van der Waals surface area contributed by atoms with Gasteiger partial charge in [0.05, 0.1) is 12.1 Å². The summed E-state index contributed by atoms with van der Waals surface area (Å²) in [7, 11) is 0. The molecule has 0 N–H and O–H groups in total. The largest absolute Gasteiger partial charge is 0.433 e. The first kappa shape index (κ1) is 16.0. The van der Waals surface area contributed by atoms with E-state index >= 15 is 0 Å². The first-order chi connectivity index (χ1) is 10.9. The topological polar surface area (TPSA) is 49.3 Å². The van der Waals surface area contributed by atoms with E-state index < -0.39 is 11.9 Å². The van der Waals surface area contributed by atoms with E-state index in [2.05, 4.69) is 9.97 Å². The molecule has 2 aliphatic heterocycles. The molecule has 1 amide bonds. The minimum Gasteiger partial charge on any atom is -0.338 e. The number of hydrogen-bond donors (Lipinski definition) is 0. The molecule has 0 spiro atoms. The maximum atomic E-state index is 12.9. The highest BCUT2D eigenvalue weighted by Crippen LogP contribution is 2.33. The first-order valence-corrected chi connectivity index (χ1v) is 7.82.